The molecule has 2 radical (unpaired) electrons. The van der Waals surface area contributed by atoms with Gasteiger partial charge in [-0.25, -0.2) is 0 Å². The van der Waals surface area contributed by atoms with Gasteiger partial charge in [0.25, 0.3) is 0 Å². The summed E-state index contributed by atoms with van der Waals surface area (Å²) < 4.78 is 5.41. The van der Waals surface area contributed by atoms with Crippen molar-refractivity contribution in [2.75, 3.05) is 13.2 Å². The molecule has 0 aliphatic heterocycles. The number of carbonyl (C=O) groups is 1. The van der Waals surface area contributed by atoms with Crippen LogP contribution in [0.15, 0.2) is 24.3 Å². The van der Waals surface area contributed by atoms with E-state index in [1.807, 2.05) is 38.1 Å². The van der Waals surface area contributed by atoms with E-state index in [1.54, 1.807) is 0 Å². The van der Waals surface area contributed by atoms with Crippen LogP contribution in [0.3, 0.4) is 0 Å². The van der Waals surface area contributed by atoms with Crippen molar-refractivity contribution in [2.45, 2.75) is 47.6 Å². The molecule has 0 aromatic heterocycles. The number of ether oxygens (including phenoxy) is 1. The Morgan fingerprint density at radius 3 is 2.41 bits per heavy atom. The molecule has 0 aliphatic rings. The standard InChI is InChI=1S/C18H28BNO2/c1-17(2,3)18(4,5)16(21)22-12-8-11-20-13-14-9-6-7-10-15(14)19/h6-7,9-10,20H,8,11-13H2,1-5H3. The molecule has 0 saturated carbocycles. The Bertz CT molecular complexity index is 492. The maximum absolute atomic E-state index is 12.2. The minimum atomic E-state index is -0.487. The molecule has 22 heavy (non-hydrogen) atoms. The molecular weight excluding hydrogens is 273 g/mol. The molecule has 1 N–H and O–H groups in total. The van der Waals surface area contributed by atoms with Crippen molar-refractivity contribution < 1.29 is 9.53 Å². The first-order valence-corrected chi connectivity index (χ1v) is 7.87. The molecule has 0 fully saturated rings. The summed E-state index contributed by atoms with van der Waals surface area (Å²) >= 11 is 0. The molecule has 4 heteroatoms. The van der Waals surface area contributed by atoms with Gasteiger partial charge < -0.3 is 10.1 Å². The molecule has 0 saturated heterocycles. The highest BCUT2D eigenvalue weighted by Crippen LogP contribution is 2.38. The maximum Gasteiger partial charge on any atom is 0.312 e. The smallest absolute Gasteiger partial charge is 0.312 e. The normalized spacial score (nSPS) is 12.2. The molecule has 1 aromatic carbocycles. The Labute approximate surface area is 136 Å². The van der Waals surface area contributed by atoms with Crippen LogP contribution in [0, 0.1) is 10.8 Å². The molecule has 3 nitrogen and oxygen atoms in total. The van der Waals surface area contributed by atoms with E-state index in [-0.39, 0.29) is 11.4 Å². The highest BCUT2D eigenvalue weighted by atomic mass is 16.5. The van der Waals surface area contributed by atoms with E-state index in [9.17, 15) is 4.79 Å². The van der Waals surface area contributed by atoms with Crippen LogP contribution in [0.4, 0.5) is 0 Å². The van der Waals surface area contributed by atoms with Gasteiger partial charge in [0, 0.05) is 6.54 Å². The predicted molar refractivity (Wildman–Crippen MR) is 92.3 cm³/mol. The van der Waals surface area contributed by atoms with Gasteiger partial charge in [-0.3, -0.25) is 4.79 Å². The Morgan fingerprint density at radius 2 is 1.82 bits per heavy atom. The summed E-state index contributed by atoms with van der Waals surface area (Å²) in [4.78, 5) is 12.2. The third-order valence-electron chi connectivity index (χ3n) is 4.49. The fourth-order valence-electron chi connectivity index (χ4n) is 1.77. The quantitative estimate of drug-likeness (QED) is 0.478. The number of hydrogen-bond acceptors (Lipinski definition) is 3. The largest absolute Gasteiger partial charge is 0.465 e. The number of rotatable bonds is 7. The SMILES string of the molecule is [B]c1ccccc1CNCCCOC(=O)C(C)(C)C(C)(C)C. The van der Waals surface area contributed by atoms with Gasteiger partial charge in [-0.05, 0) is 37.8 Å². The van der Waals surface area contributed by atoms with Crippen LogP contribution >= 0.6 is 0 Å². The molecule has 1 rings (SSSR count). The van der Waals surface area contributed by atoms with Crippen molar-refractivity contribution in [3.63, 3.8) is 0 Å². The summed E-state index contributed by atoms with van der Waals surface area (Å²) in [7, 11) is 5.88. The highest BCUT2D eigenvalue weighted by Gasteiger charge is 2.41. The van der Waals surface area contributed by atoms with Gasteiger partial charge in [0.2, 0.25) is 0 Å². The third-order valence-corrected chi connectivity index (χ3v) is 4.49. The summed E-state index contributed by atoms with van der Waals surface area (Å²) in [5.41, 5.74) is 1.29. The second kappa shape index (κ2) is 7.82. The molecule has 0 aliphatic carbocycles. The van der Waals surface area contributed by atoms with Gasteiger partial charge in [-0.1, -0.05) is 50.5 Å². The molecule has 0 heterocycles. The first-order valence-electron chi connectivity index (χ1n) is 7.87. The highest BCUT2D eigenvalue weighted by molar-refractivity contribution is 6.33. The lowest BCUT2D eigenvalue weighted by Gasteiger charge is -2.36. The summed E-state index contributed by atoms with van der Waals surface area (Å²) in [6.07, 6.45) is 0.790. The van der Waals surface area contributed by atoms with Crippen LogP contribution in [0.25, 0.3) is 0 Å². The van der Waals surface area contributed by atoms with Crippen molar-refractivity contribution in [1.82, 2.24) is 5.32 Å². The van der Waals surface area contributed by atoms with E-state index in [1.165, 1.54) is 0 Å². The van der Waals surface area contributed by atoms with Crippen LogP contribution in [-0.2, 0) is 16.1 Å². The van der Waals surface area contributed by atoms with Crippen LogP contribution in [0.1, 0.15) is 46.6 Å². The van der Waals surface area contributed by atoms with Crippen molar-refractivity contribution >= 4 is 19.3 Å². The van der Waals surface area contributed by atoms with Gasteiger partial charge in [0.1, 0.15) is 7.85 Å². The van der Waals surface area contributed by atoms with Crippen LogP contribution in [0.5, 0.6) is 0 Å². The van der Waals surface area contributed by atoms with Gasteiger partial charge in [0.05, 0.1) is 12.0 Å². The van der Waals surface area contributed by atoms with Gasteiger partial charge >= 0.3 is 5.97 Å². The first kappa shape index (κ1) is 18.8. The number of benzene rings is 1. The molecule has 1 aromatic rings. The second-order valence-electron chi connectivity index (χ2n) is 7.24. The van der Waals surface area contributed by atoms with Crippen LogP contribution < -0.4 is 10.8 Å². The maximum atomic E-state index is 12.2. The number of esters is 1. The predicted octanol–water partition coefficient (Wildman–Crippen LogP) is 2.58. The van der Waals surface area contributed by atoms with E-state index in [4.69, 9.17) is 12.6 Å². The average Bonchev–Trinajstić information content (AvgIpc) is 2.42. The van der Waals surface area contributed by atoms with E-state index < -0.39 is 5.41 Å². The van der Waals surface area contributed by atoms with E-state index >= 15 is 0 Å². The summed E-state index contributed by atoms with van der Waals surface area (Å²) in [6.45, 7) is 12.0. The second-order valence-corrected chi connectivity index (χ2v) is 7.24. The lowest BCUT2D eigenvalue weighted by molar-refractivity contribution is -0.160. The van der Waals surface area contributed by atoms with E-state index in [0.717, 1.165) is 30.5 Å². The first-order chi connectivity index (χ1) is 10.2. The summed E-state index contributed by atoms with van der Waals surface area (Å²) in [6, 6.07) is 7.81. The lowest BCUT2D eigenvalue weighted by atomic mass is 9.69. The zero-order chi connectivity index (χ0) is 16.8. The third kappa shape index (κ3) is 5.17. The minimum Gasteiger partial charge on any atom is -0.465 e. The molecular formula is C18H28BNO2. The van der Waals surface area contributed by atoms with Crippen LogP contribution in [-0.4, -0.2) is 27.0 Å². The average molecular weight is 301 g/mol. The van der Waals surface area contributed by atoms with Crippen molar-refractivity contribution in [3.8, 4) is 0 Å². The Kier molecular flexibility index (Phi) is 6.67. The van der Waals surface area contributed by atoms with Crippen molar-refractivity contribution in [2.24, 2.45) is 10.8 Å². The lowest BCUT2D eigenvalue weighted by Crippen LogP contribution is -2.39. The molecule has 0 spiro atoms. The van der Waals surface area contributed by atoms with Crippen molar-refractivity contribution in [3.05, 3.63) is 29.8 Å². The van der Waals surface area contributed by atoms with Gasteiger partial charge in [-0.2, -0.15) is 0 Å². The molecule has 0 unspecified atom stereocenters. The fourth-order valence-corrected chi connectivity index (χ4v) is 1.77. The monoisotopic (exact) mass is 301 g/mol. The van der Waals surface area contributed by atoms with Crippen LogP contribution in [0.2, 0.25) is 0 Å². The Hall–Kier alpha value is -1.29. The number of hydrogen-bond donors (Lipinski definition) is 1. The Balaban J connectivity index is 2.24. The topological polar surface area (TPSA) is 38.3 Å². The number of nitrogens with one attached hydrogen (secondary N) is 1. The Morgan fingerprint density at radius 1 is 1.18 bits per heavy atom. The molecule has 0 bridgehead atoms. The number of carbonyl (C=O) groups excluding carboxylic acids is 1. The van der Waals surface area contributed by atoms with Gasteiger partial charge in [0.15, 0.2) is 0 Å². The minimum absolute atomic E-state index is 0.118. The van der Waals surface area contributed by atoms with Gasteiger partial charge in [-0.15, -0.1) is 0 Å². The zero-order valence-corrected chi connectivity index (χ0v) is 14.5. The summed E-state index contributed by atoms with van der Waals surface area (Å²) in [5, 5.41) is 3.31. The molecule has 0 atom stereocenters. The molecule has 0 amide bonds. The zero-order valence-electron chi connectivity index (χ0n) is 14.5. The fraction of sp³-hybridized carbons (Fsp3) is 0.611. The van der Waals surface area contributed by atoms with E-state index in [2.05, 4.69) is 26.1 Å². The summed E-state index contributed by atoms with van der Waals surface area (Å²) in [5.74, 6) is -0.132. The van der Waals surface area contributed by atoms with Crippen molar-refractivity contribution in [1.29, 1.82) is 0 Å². The van der Waals surface area contributed by atoms with E-state index in [0.29, 0.717) is 6.61 Å². The molecule has 120 valence electrons.